The summed E-state index contributed by atoms with van der Waals surface area (Å²) in [4.78, 5) is 0. The predicted octanol–water partition coefficient (Wildman–Crippen LogP) is 3.73. The van der Waals surface area contributed by atoms with E-state index in [-0.39, 0.29) is 5.75 Å². The lowest BCUT2D eigenvalue weighted by Crippen LogP contribution is -2.35. The number of nitrogens with one attached hydrogen (secondary N) is 1. The van der Waals surface area contributed by atoms with Gasteiger partial charge in [-0.1, -0.05) is 42.1 Å². The van der Waals surface area contributed by atoms with Crippen LogP contribution in [0.1, 0.15) is 24.0 Å². The molecule has 0 aliphatic carbocycles. The number of furan rings is 1. The smallest absolute Gasteiger partial charge is 0.284 e. The second-order valence-corrected chi connectivity index (χ2v) is 6.16. The van der Waals surface area contributed by atoms with Gasteiger partial charge in [0.2, 0.25) is 0 Å². The molecule has 0 saturated carbocycles. The Balaban J connectivity index is 1.81. The topological polar surface area (TPSA) is 45.4 Å². The van der Waals surface area contributed by atoms with E-state index in [9.17, 15) is 13.9 Å². The van der Waals surface area contributed by atoms with Crippen LogP contribution in [0.5, 0.6) is 0 Å². The number of hydrogen-bond donors (Lipinski definition) is 2. The SMILES string of the molecule is CC(O)(CNCc1ccc(CSC(F)F)o1)c1ccccc1. The Kier molecular flexibility index (Phi) is 5.99. The third-order valence-electron chi connectivity index (χ3n) is 3.23. The van der Waals surface area contributed by atoms with Gasteiger partial charge in [-0.2, -0.15) is 8.78 Å². The van der Waals surface area contributed by atoms with E-state index in [2.05, 4.69) is 5.32 Å². The van der Waals surface area contributed by atoms with Crippen molar-refractivity contribution in [3.05, 3.63) is 59.5 Å². The first kappa shape index (κ1) is 17.0. The van der Waals surface area contributed by atoms with Gasteiger partial charge in [0.05, 0.1) is 17.9 Å². The molecule has 0 saturated heterocycles. The fourth-order valence-electron chi connectivity index (χ4n) is 2.07. The third kappa shape index (κ3) is 5.12. The van der Waals surface area contributed by atoms with Crippen molar-refractivity contribution >= 4 is 11.8 Å². The molecule has 1 aromatic heterocycles. The molecule has 2 N–H and O–H groups in total. The van der Waals surface area contributed by atoms with Crippen LogP contribution in [0.15, 0.2) is 46.9 Å². The molecule has 0 fully saturated rings. The van der Waals surface area contributed by atoms with E-state index in [4.69, 9.17) is 4.42 Å². The van der Waals surface area contributed by atoms with E-state index >= 15 is 0 Å². The maximum atomic E-state index is 12.1. The Morgan fingerprint density at radius 2 is 1.86 bits per heavy atom. The van der Waals surface area contributed by atoms with Crippen molar-refractivity contribution in [1.29, 1.82) is 0 Å². The summed E-state index contributed by atoms with van der Waals surface area (Å²) in [6.45, 7) is 2.53. The largest absolute Gasteiger partial charge is 0.464 e. The molecule has 1 heterocycles. The molecular formula is C16H19F2NO2S. The number of halogens is 2. The second kappa shape index (κ2) is 7.76. The summed E-state index contributed by atoms with van der Waals surface area (Å²) in [5.41, 5.74) is -0.154. The highest BCUT2D eigenvalue weighted by Gasteiger charge is 2.22. The summed E-state index contributed by atoms with van der Waals surface area (Å²) < 4.78 is 29.7. The van der Waals surface area contributed by atoms with Crippen molar-refractivity contribution in [2.75, 3.05) is 6.54 Å². The lowest BCUT2D eigenvalue weighted by atomic mass is 9.96. The first-order valence-corrected chi connectivity index (χ1v) is 7.98. The number of aliphatic hydroxyl groups is 1. The van der Waals surface area contributed by atoms with E-state index in [1.54, 1.807) is 19.1 Å². The average Bonchev–Trinajstić information content (AvgIpc) is 2.94. The van der Waals surface area contributed by atoms with Gasteiger partial charge in [-0.3, -0.25) is 0 Å². The van der Waals surface area contributed by atoms with E-state index in [1.165, 1.54) is 0 Å². The van der Waals surface area contributed by atoms with E-state index < -0.39 is 11.4 Å². The summed E-state index contributed by atoms with van der Waals surface area (Å²) >= 11 is 0.536. The standard InChI is InChI=1S/C16H19F2NO2S/c1-16(20,12-5-3-2-4-6-12)11-19-9-13-7-8-14(21-13)10-22-15(17)18/h2-8,15,19-20H,9-11H2,1H3. The maximum absolute atomic E-state index is 12.1. The molecule has 0 amide bonds. The van der Waals surface area contributed by atoms with Crippen molar-refractivity contribution in [1.82, 2.24) is 5.32 Å². The molecule has 120 valence electrons. The molecule has 1 atom stereocenters. The maximum Gasteiger partial charge on any atom is 0.284 e. The Hall–Kier alpha value is -1.37. The highest BCUT2D eigenvalue weighted by Crippen LogP contribution is 2.22. The quantitative estimate of drug-likeness (QED) is 0.775. The molecular weight excluding hydrogens is 308 g/mol. The van der Waals surface area contributed by atoms with Gasteiger partial charge in [0, 0.05) is 6.54 Å². The number of benzene rings is 1. The summed E-state index contributed by atoms with van der Waals surface area (Å²) in [7, 11) is 0. The highest BCUT2D eigenvalue weighted by molar-refractivity contribution is 7.98. The molecule has 0 aliphatic rings. The van der Waals surface area contributed by atoms with Gasteiger partial charge < -0.3 is 14.8 Å². The number of thioether (sulfide) groups is 1. The zero-order valence-electron chi connectivity index (χ0n) is 12.3. The van der Waals surface area contributed by atoms with Crippen LogP contribution in [0.3, 0.4) is 0 Å². The van der Waals surface area contributed by atoms with Crippen LogP contribution < -0.4 is 5.32 Å². The molecule has 6 heteroatoms. The van der Waals surface area contributed by atoms with Crippen LogP contribution in [0.4, 0.5) is 8.78 Å². The van der Waals surface area contributed by atoms with Crippen LogP contribution in [-0.2, 0) is 17.9 Å². The zero-order chi connectivity index (χ0) is 16.0. The van der Waals surface area contributed by atoms with Gasteiger partial charge in [-0.05, 0) is 24.6 Å². The Morgan fingerprint density at radius 1 is 1.18 bits per heavy atom. The first-order chi connectivity index (χ1) is 10.5. The molecule has 0 radical (unpaired) electrons. The number of alkyl halides is 2. The lowest BCUT2D eigenvalue weighted by Gasteiger charge is -2.24. The minimum atomic E-state index is -2.40. The Bertz CT molecular complexity index is 573. The fourth-order valence-corrected chi connectivity index (χ4v) is 2.51. The Morgan fingerprint density at radius 3 is 2.55 bits per heavy atom. The minimum absolute atomic E-state index is 0.152. The van der Waals surface area contributed by atoms with Crippen LogP contribution in [0.25, 0.3) is 0 Å². The number of hydrogen-bond acceptors (Lipinski definition) is 4. The molecule has 2 aromatic rings. The molecule has 0 bridgehead atoms. The molecule has 2 rings (SSSR count). The van der Waals surface area contributed by atoms with E-state index in [0.717, 1.165) is 5.56 Å². The van der Waals surface area contributed by atoms with E-state index in [1.807, 2.05) is 30.3 Å². The monoisotopic (exact) mass is 327 g/mol. The molecule has 1 unspecified atom stereocenters. The van der Waals surface area contributed by atoms with Crippen molar-refractivity contribution in [3.63, 3.8) is 0 Å². The van der Waals surface area contributed by atoms with Crippen molar-refractivity contribution in [2.45, 2.75) is 30.6 Å². The van der Waals surface area contributed by atoms with Crippen LogP contribution >= 0.6 is 11.8 Å². The van der Waals surface area contributed by atoms with Gasteiger partial charge in [-0.15, -0.1) is 0 Å². The highest BCUT2D eigenvalue weighted by atomic mass is 32.2. The normalized spacial score (nSPS) is 14.2. The average molecular weight is 327 g/mol. The van der Waals surface area contributed by atoms with Crippen LogP contribution in [0, 0.1) is 0 Å². The van der Waals surface area contributed by atoms with Gasteiger partial charge in [0.25, 0.3) is 5.76 Å². The molecule has 1 aromatic carbocycles. The first-order valence-electron chi connectivity index (χ1n) is 6.93. The predicted molar refractivity (Wildman–Crippen MR) is 83.7 cm³/mol. The van der Waals surface area contributed by atoms with Gasteiger partial charge in [0.1, 0.15) is 11.5 Å². The third-order valence-corrected chi connectivity index (χ3v) is 3.94. The van der Waals surface area contributed by atoms with Crippen LogP contribution in [-0.4, -0.2) is 17.4 Å². The molecule has 0 spiro atoms. The summed E-state index contributed by atoms with van der Waals surface area (Å²) in [5.74, 6) is -1.06. The van der Waals surface area contributed by atoms with Crippen molar-refractivity contribution in [2.24, 2.45) is 0 Å². The van der Waals surface area contributed by atoms with Gasteiger partial charge >= 0.3 is 0 Å². The Labute approximate surface area is 132 Å². The summed E-state index contributed by atoms with van der Waals surface area (Å²) in [5, 5.41) is 13.6. The molecule has 3 nitrogen and oxygen atoms in total. The zero-order valence-corrected chi connectivity index (χ0v) is 13.1. The minimum Gasteiger partial charge on any atom is -0.464 e. The summed E-state index contributed by atoms with van der Waals surface area (Å²) in [6.07, 6.45) is 0. The van der Waals surface area contributed by atoms with Crippen LogP contribution in [0.2, 0.25) is 0 Å². The van der Waals surface area contributed by atoms with E-state index in [0.29, 0.717) is 36.4 Å². The molecule has 22 heavy (non-hydrogen) atoms. The lowest BCUT2D eigenvalue weighted by molar-refractivity contribution is 0.0562. The fraction of sp³-hybridized carbons (Fsp3) is 0.375. The summed E-state index contributed by atoms with van der Waals surface area (Å²) in [6, 6.07) is 12.8. The van der Waals surface area contributed by atoms with Crippen molar-refractivity contribution < 1.29 is 18.3 Å². The number of rotatable bonds is 8. The van der Waals surface area contributed by atoms with Gasteiger partial charge in [-0.25, -0.2) is 0 Å². The van der Waals surface area contributed by atoms with Crippen molar-refractivity contribution in [3.8, 4) is 0 Å². The second-order valence-electron chi connectivity index (χ2n) is 5.18. The molecule has 0 aliphatic heterocycles. The van der Waals surface area contributed by atoms with Gasteiger partial charge in [0.15, 0.2) is 0 Å².